The number of nitrogens with two attached hydrogens (primary N) is 1. The number of hydrogen-bond donors (Lipinski definition) is 2. The van der Waals surface area contributed by atoms with Crippen molar-refractivity contribution in [1.29, 1.82) is 0 Å². The van der Waals surface area contributed by atoms with E-state index in [2.05, 4.69) is 9.73 Å². The van der Waals surface area contributed by atoms with Gasteiger partial charge in [-0.3, -0.25) is 0 Å². The van der Waals surface area contributed by atoms with Crippen LogP contribution < -0.4 is 5.73 Å². The molecule has 0 unspecified atom stereocenters. The van der Waals surface area contributed by atoms with Crippen molar-refractivity contribution in [3.8, 4) is 0 Å². The number of carbonyl (C=O) groups is 2. The predicted molar refractivity (Wildman–Crippen MR) is 36.3 cm³/mol. The first-order chi connectivity index (χ1) is 5.07. The molecule has 0 heterocycles. The lowest BCUT2D eigenvalue weighted by molar-refractivity contribution is -0.135. The fraction of sp³-hybridized carbons (Fsp3) is 0.400. The van der Waals surface area contributed by atoms with Crippen molar-refractivity contribution in [2.75, 3.05) is 6.61 Å². The van der Waals surface area contributed by atoms with Crippen LogP contribution in [0.4, 0.5) is 4.79 Å². The Morgan fingerprint density at radius 3 is 2.55 bits per heavy atom. The van der Waals surface area contributed by atoms with E-state index < -0.39 is 17.9 Å². The number of amides is 1. The second-order valence-electron chi connectivity index (χ2n) is 1.50. The van der Waals surface area contributed by atoms with E-state index in [0.29, 0.717) is 0 Å². The summed E-state index contributed by atoms with van der Waals surface area (Å²) in [6.07, 6.45) is -1.52. The Kier molecular flexibility index (Phi) is 3.65. The summed E-state index contributed by atoms with van der Waals surface area (Å²) in [4.78, 5) is 23.1. The van der Waals surface area contributed by atoms with Gasteiger partial charge in [0.05, 0.1) is 6.61 Å². The van der Waals surface area contributed by atoms with Gasteiger partial charge in [0.2, 0.25) is 5.84 Å². The summed E-state index contributed by atoms with van der Waals surface area (Å²) in [5, 5.41) is 8.03. The van der Waals surface area contributed by atoms with Gasteiger partial charge >= 0.3 is 12.1 Å². The van der Waals surface area contributed by atoms with Crippen molar-refractivity contribution >= 4 is 17.9 Å². The molecule has 0 saturated heterocycles. The number of amidine groups is 1. The molecule has 0 aliphatic heterocycles. The molecule has 62 valence electrons. The van der Waals surface area contributed by atoms with Crippen molar-refractivity contribution in [3.05, 3.63) is 0 Å². The molecule has 3 N–H and O–H groups in total. The number of rotatable bonds is 1. The molecule has 1 amide bonds. The van der Waals surface area contributed by atoms with Crippen LogP contribution in [-0.4, -0.2) is 29.6 Å². The van der Waals surface area contributed by atoms with E-state index in [9.17, 15) is 9.59 Å². The number of aliphatic imine (C=N–C) groups is 1. The molecule has 0 aliphatic carbocycles. The number of carbonyl (C=O) groups excluding carboxylic acids is 1. The average molecular weight is 160 g/mol. The standard InChI is InChI=1S/C5H8N2O4/c1-2-11-4(8)3(6)7-5(9)10/h2H2,1H3,(H2,6,7)(H,9,10). The molecule has 0 atom stereocenters. The quantitative estimate of drug-likeness (QED) is 0.308. The Hall–Kier alpha value is -1.59. The third-order valence-corrected chi connectivity index (χ3v) is 0.701. The molecule has 0 radical (unpaired) electrons. The smallest absolute Gasteiger partial charge is 0.433 e. The van der Waals surface area contributed by atoms with Crippen molar-refractivity contribution in [3.63, 3.8) is 0 Å². The largest absolute Gasteiger partial charge is 0.463 e. The van der Waals surface area contributed by atoms with Crippen LogP contribution in [-0.2, 0) is 9.53 Å². The SMILES string of the molecule is CCOC(=O)/C(N)=N/C(=O)O. The van der Waals surface area contributed by atoms with Gasteiger partial charge < -0.3 is 15.6 Å². The molecule has 6 nitrogen and oxygen atoms in total. The van der Waals surface area contributed by atoms with Gasteiger partial charge in [0.25, 0.3) is 0 Å². The van der Waals surface area contributed by atoms with Crippen molar-refractivity contribution in [2.24, 2.45) is 10.7 Å². The molecule has 11 heavy (non-hydrogen) atoms. The monoisotopic (exact) mass is 160 g/mol. The molecule has 0 rings (SSSR count). The van der Waals surface area contributed by atoms with Crippen molar-refractivity contribution in [1.82, 2.24) is 0 Å². The summed E-state index contributed by atoms with van der Waals surface area (Å²) in [5.41, 5.74) is 4.90. The lowest BCUT2D eigenvalue weighted by Gasteiger charge is -1.97. The molecule has 0 aromatic carbocycles. The van der Waals surface area contributed by atoms with E-state index in [-0.39, 0.29) is 6.61 Å². The molecule has 0 spiro atoms. The maximum atomic E-state index is 10.5. The second-order valence-corrected chi connectivity index (χ2v) is 1.50. The molecule has 0 aromatic rings. The lowest BCUT2D eigenvalue weighted by atomic mass is 10.6. The first-order valence-electron chi connectivity index (χ1n) is 2.82. The van der Waals surface area contributed by atoms with E-state index in [0.717, 1.165) is 0 Å². The zero-order valence-corrected chi connectivity index (χ0v) is 5.90. The van der Waals surface area contributed by atoms with Gasteiger partial charge in [0, 0.05) is 0 Å². The van der Waals surface area contributed by atoms with Crippen LogP contribution in [0, 0.1) is 0 Å². The minimum atomic E-state index is -1.52. The summed E-state index contributed by atoms with van der Waals surface area (Å²) in [7, 11) is 0. The highest BCUT2D eigenvalue weighted by atomic mass is 16.5. The average Bonchev–Trinajstić information content (AvgIpc) is 1.86. The molecule has 0 fully saturated rings. The van der Waals surface area contributed by atoms with Gasteiger partial charge in [-0.1, -0.05) is 0 Å². The van der Waals surface area contributed by atoms with Gasteiger partial charge in [-0.15, -0.1) is 0 Å². The molecule has 0 aliphatic rings. The predicted octanol–water partition coefficient (Wildman–Crippen LogP) is -0.415. The Morgan fingerprint density at radius 1 is 1.64 bits per heavy atom. The van der Waals surface area contributed by atoms with E-state index in [1.165, 1.54) is 0 Å². The summed E-state index contributed by atoms with van der Waals surface area (Å²) >= 11 is 0. The van der Waals surface area contributed by atoms with E-state index in [1.54, 1.807) is 6.92 Å². The van der Waals surface area contributed by atoms with Crippen LogP contribution >= 0.6 is 0 Å². The summed E-state index contributed by atoms with van der Waals surface area (Å²) in [5.74, 6) is -1.57. The summed E-state index contributed by atoms with van der Waals surface area (Å²) < 4.78 is 4.35. The third kappa shape index (κ3) is 3.90. The molecule has 0 aromatic heterocycles. The number of ether oxygens (including phenoxy) is 1. The van der Waals surface area contributed by atoms with Crippen LogP contribution in [0.25, 0.3) is 0 Å². The topological polar surface area (TPSA) is 102 Å². The normalized spacial score (nSPS) is 10.8. The van der Waals surface area contributed by atoms with Gasteiger partial charge in [0.15, 0.2) is 0 Å². The van der Waals surface area contributed by atoms with Crippen LogP contribution in [0.1, 0.15) is 6.92 Å². The molecule has 6 heteroatoms. The van der Waals surface area contributed by atoms with Gasteiger partial charge in [0.1, 0.15) is 0 Å². The minimum Gasteiger partial charge on any atom is -0.463 e. The first kappa shape index (κ1) is 9.41. The Labute approximate surface area is 62.7 Å². The van der Waals surface area contributed by atoms with E-state index >= 15 is 0 Å². The number of esters is 1. The van der Waals surface area contributed by atoms with Gasteiger partial charge in [-0.05, 0) is 6.92 Å². The number of hydrogen-bond acceptors (Lipinski definition) is 3. The molecule has 0 bridgehead atoms. The highest BCUT2D eigenvalue weighted by Crippen LogP contribution is 1.80. The van der Waals surface area contributed by atoms with Crippen LogP contribution in [0.5, 0.6) is 0 Å². The van der Waals surface area contributed by atoms with Crippen LogP contribution in [0.15, 0.2) is 4.99 Å². The van der Waals surface area contributed by atoms with E-state index in [4.69, 9.17) is 10.8 Å². The highest BCUT2D eigenvalue weighted by molar-refractivity contribution is 6.36. The van der Waals surface area contributed by atoms with Gasteiger partial charge in [-0.2, -0.15) is 4.99 Å². The maximum absolute atomic E-state index is 10.5. The minimum absolute atomic E-state index is 0.134. The fourth-order valence-electron chi connectivity index (χ4n) is 0.354. The Bertz CT molecular complexity index is 199. The Morgan fingerprint density at radius 2 is 2.18 bits per heavy atom. The van der Waals surface area contributed by atoms with Crippen molar-refractivity contribution in [2.45, 2.75) is 6.92 Å². The van der Waals surface area contributed by atoms with E-state index in [1.807, 2.05) is 0 Å². The van der Waals surface area contributed by atoms with Crippen molar-refractivity contribution < 1.29 is 19.4 Å². The number of carboxylic acid groups (broad SMARTS) is 1. The summed E-state index contributed by atoms with van der Waals surface area (Å²) in [6, 6.07) is 0. The van der Waals surface area contributed by atoms with Crippen LogP contribution in [0.3, 0.4) is 0 Å². The van der Waals surface area contributed by atoms with Crippen LogP contribution in [0.2, 0.25) is 0 Å². The lowest BCUT2D eigenvalue weighted by Crippen LogP contribution is -2.27. The molecule has 0 saturated carbocycles. The molecular weight excluding hydrogens is 152 g/mol. The first-order valence-corrected chi connectivity index (χ1v) is 2.82. The second kappa shape index (κ2) is 4.26. The summed E-state index contributed by atoms with van der Waals surface area (Å²) in [6.45, 7) is 1.71. The van der Waals surface area contributed by atoms with Gasteiger partial charge in [-0.25, -0.2) is 9.59 Å². The zero-order chi connectivity index (χ0) is 8.85. The fourth-order valence-corrected chi connectivity index (χ4v) is 0.354. The Balaban J connectivity index is 4.12. The number of nitrogens with zero attached hydrogens (tertiary/aromatic N) is 1. The highest BCUT2D eigenvalue weighted by Gasteiger charge is 2.08. The third-order valence-electron chi connectivity index (χ3n) is 0.701. The zero-order valence-electron chi connectivity index (χ0n) is 5.90. The maximum Gasteiger partial charge on any atom is 0.433 e. The molecular formula is C5H8N2O4.